The molecule has 1 aromatic rings. The SMILES string of the molecule is Cc1ccc(NC(N)=NCC2(C)CCCO2)cc1C. The lowest BCUT2D eigenvalue weighted by Crippen LogP contribution is -2.30. The molecule has 0 bridgehead atoms. The second-order valence-corrected chi connectivity index (χ2v) is 5.53. The fraction of sp³-hybridized carbons (Fsp3) is 0.533. The highest BCUT2D eigenvalue weighted by Gasteiger charge is 2.29. The Bertz CT molecular complexity index is 476. The van der Waals surface area contributed by atoms with Gasteiger partial charge in [-0.2, -0.15) is 0 Å². The number of hydrogen-bond donors (Lipinski definition) is 2. The third kappa shape index (κ3) is 3.70. The first-order chi connectivity index (χ1) is 8.98. The lowest BCUT2D eigenvalue weighted by atomic mass is 10.0. The van der Waals surface area contributed by atoms with Gasteiger partial charge in [-0.15, -0.1) is 0 Å². The summed E-state index contributed by atoms with van der Waals surface area (Å²) < 4.78 is 5.69. The van der Waals surface area contributed by atoms with E-state index in [0.29, 0.717) is 12.5 Å². The van der Waals surface area contributed by atoms with Gasteiger partial charge in [0.1, 0.15) is 0 Å². The quantitative estimate of drug-likeness (QED) is 0.649. The van der Waals surface area contributed by atoms with Crippen molar-refractivity contribution in [2.45, 2.75) is 39.2 Å². The summed E-state index contributed by atoms with van der Waals surface area (Å²) in [5.41, 5.74) is 9.26. The van der Waals surface area contributed by atoms with E-state index < -0.39 is 0 Å². The molecule has 19 heavy (non-hydrogen) atoms. The lowest BCUT2D eigenvalue weighted by Gasteiger charge is -2.20. The molecule has 1 fully saturated rings. The Morgan fingerprint density at radius 1 is 1.42 bits per heavy atom. The maximum absolute atomic E-state index is 5.91. The van der Waals surface area contributed by atoms with Crippen LogP contribution in [0.5, 0.6) is 0 Å². The minimum absolute atomic E-state index is 0.143. The normalized spacial score (nSPS) is 23.6. The molecule has 4 nitrogen and oxygen atoms in total. The predicted octanol–water partition coefficient (Wildman–Crippen LogP) is 2.60. The molecule has 1 aliphatic heterocycles. The van der Waals surface area contributed by atoms with Crippen LogP contribution in [0, 0.1) is 13.8 Å². The number of anilines is 1. The van der Waals surface area contributed by atoms with Crippen molar-refractivity contribution in [1.82, 2.24) is 0 Å². The maximum atomic E-state index is 5.91. The van der Waals surface area contributed by atoms with Crippen molar-refractivity contribution in [3.63, 3.8) is 0 Å². The van der Waals surface area contributed by atoms with Gasteiger partial charge in [-0.1, -0.05) is 6.07 Å². The molecule has 1 atom stereocenters. The average molecular weight is 261 g/mol. The van der Waals surface area contributed by atoms with Crippen molar-refractivity contribution >= 4 is 11.6 Å². The van der Waals surface area contributed by atoms with Crippen LogP contribution in [0.2, 0.25) is 0 Å². The number of aryl methyl sites for hydroxylation is 2. The first-order valence-electron chi connectivity index (χ1n) is 6.77. The van der Waals surface area contributed by atoms with E-state index in [1.807, 2.05) is 6.07 Å². The Morgan fingerprint density at radius 3 is 2.84 bits per heavy atom. The fourth-order valence-corrected chi connectivity index (χ4v) is 2.22. The van der Waals surface area contributed by atoms with E-state index in [1.54, 1.807) is 0 Å². The van der Waals surface area contributed by atoms with E-state index in [2.05, 4.69) is 43.2 Å². The largest absolute Gasteiger partial charge is 0.373 e. The zero-order chi connectivity index (χ0) is 13.9. The second-order valence-electron chi connectivity index (χ2n) is 5.53. The van der Waals surface area contributed by atoms with Crippen LogP contribution in [0.1, 0.15) is 30.9 Å². The summed E-state index contributed by atoms with van der Waals surface area (Å²) in [4.78, 5) is 4.38. The molecule has 1 aliphatic rings. The monoisotopic (exact) mass is 261 g/mol. The van der Waals surface area contributed by atoms with E-state index in [0.717, 1.165) is 25.1 Å². The van der Waals surface area contributed by atoms with Gasteiger partial charge < -0.3 is 15.8 Å². The molecule has 4 heteroatoms. The zero-order valence-electron chi connectivity index (χ0n) is 12.0. The Balaban J connectivity index is 1.96. The molecule has 1 saturated heterocycles. The third-order valence-corrected chi connectivity index (χ3v) is 3.66. The Kier molecular flexibility index (Phi) is 4.10. The first-order valence-corrected chi connectivity index (χ1v) is 6.77. The summed E-state index contributed by atoms with van der Waals surface area (Å²) in [6, 6.07) is 6.16. The standard InChI is InChI=1S/C15H23N3O/c1-11-5-6-13(9-12(11)2)18-14(16)17-10-15(3)7-4-8-19-15/h5-6,9H,4,7-8,10H2,1-3H3,(H3,16,17,18). The summed E-state index contributed by atoms with van der Waals surface area (Å²) in [5.74, 6) is 0.444. The Hall–Kier alpha value is -1.55. The van der Waals surface area contributed by atoms with Crippen molar-refractivity contribution < 1.29 is 4.74 Å². The number of benzene rings is 1. The van der Waals surface area contributed by atoms with E-state index in [-0.39, 0.29) is 5.60 Å². The summed E-state index contributed by atoms with van der Waals surface area (Å²) in [6.07, 6.45) is 2.16. The number of nitrogens with zero attached hydrogens (tertiary/aromatic N) is 1. The van der Waals surface area contributed by atoms with Gasteiger partial charge in [0.05, 0.1) is 12.1 Å². The summed E-state index contributed by atoms with van der Waals surface area (Å²) in [5, 5.41) is 3.12. The number of aliphatic imine (C=N–C) groups is 1. The summed E-state index contributed by atoms with van der Waals surface area (Å²) in [7, 11) is 0. The van der Waals surface area contributed by atoms with Gasteiger partial charge in [0.15, 0.2) is 5.96 Å². The Labute approximate surface area is 115 Å². The molecule has 1 aromatic carbocycles. The number of guanidine groups is 1. The average Bonchev–Trinajstić information content (AvgIpc) is 2.79. The van der Waals surface area contributed by atoms with Gasteiger partial charge in [-0.3, -0.25) is 4.99 Å². The molecule has 0 radical (unpaired) electrons. The highest BCUT2D eigenvalue weighted by Crippen LogP contribution is 2.25. The number of hydrogen-bond acceptors (Lipinski definition) is 2. The van der Waals surface area contributed by atoms with E-state index in [1.165, 1.54) is 11.1 Å². The van der Waals surface area contributed by atoms with Crippen LogP contribution < -0.4 is 11.1 Å². The molecule has 0 aliphatic carbocycles. The highest BCUT2D eigenvalue weighted by molar-refractivity contribution is 5.92. The van der Waals surface area contributed by atoms with Crippen LogP contribution in [0.15, 0.2) is 23.2 Å². The van der Waals surface area contributed by atoms with Gasteiger partial charge >= 0.3 is 0 Å². The summed E-state index contributed by atoms with van der Waals surface area (Å²) >= 11 is 0. The van der Waals surface area contributed by atoms with Crippen LogP contribution in [0.4, 0.5) is 5.69 Å². The zero-order valence-corrected chi connectivity index (χ0v) is 12.0. The van der Waals surface area contributed by atoms with Gasteiger partial charge in [0, 0.05) is 12.3 Å². The minimum Gasteiger partial charge on any atom is -0.373 e. The van der Waals surface area contributed by atoms with Crippen LogP contribution in [-0.2, 0) is 4.74 Å². The smallest absolute Gasteiger partial charge is 0.193 e. The molecular formula is C15H23N3O. The molecular weight excluding hydrogens is 238 g/mol. The van der Waals surface area contributed by atoms with Crippen molar-refractivity contribution in [1.29, 1.82) is 0 Å². The molecule has 3 N–H and O–H groups in total. The van der Waals surface area contributed by atoms with Gasteiger partial charge in [0.2, 0.25) is 0 Å². The van der Waals surface area contributed by atoms with Crippen molar-refractivity contribution in [2.24, 2.45) is 10.7 Å². The maximum Gasteiger partial charge on any atom is 0.193 e. The Morgan fingerprint density at radius 2 is 2.21 bits per heavy atom. The highest BCUT2D eigenvalue weighted by atomic mass is 16.5. The van der Waals surface area contributed by atoms with E-state index in [9.17, 15) is 0 Å². The lowest BCUT2D eigenvalue weighted by molar-refractivity contribution is 0.0284. The predicted molar refractivity (Wildman–Crippen MR) is 79.6 cm³/mol. The topological polar surface area (TPSA) is 59.6 Å². The number of ether oxygens (including phenoxy) is 1. The number of nitrogens with two attached hydrogens (primary N) is 1. The molecule has 0 aromatic heterocycles. The molecule has 0 spiro atoms. The van der Waals surface area contributed by atoms with Crippen LogP contribution in [0.3, 0.4) is 0 Å². The van der Waals surface area contributed by atoms with Crippen molar-refractivity contribution in [3.8, 4) is 0 Å². The first kappa shape index (κ1) is 13.9. The molecule has 104 valence electrons. The number of rotatable bonds is 3. The van der Waals surface area contributed by atoms with Crippen LogP contribution in [0.25, 0.3) is 0 Å². The van der Waals surface area contributed by atoms with Crippen molar-refractivity contribution in [2.75, 3.05) is 18.5 Å². The molecule has 0 saturated carbocycles. The van der Waals surface area contributed by atoms with E-state index in [4.69, 9.17) is 10.5 Å². The molecule has 0 amide bonds. The van der Waals surface area contributed by atoms with Gasteiger partial charge in [-0.05, 0) is 56.9 Å². The molecule has 2 rings (SSSR count). The second kappa shape index (κ2) is 5.61. The minimum atomic E-state index is -0.143. The van der Waals surface area contributed by atoms with E-state index >= 15 is 0 Å². The molecule has 1 heterocycles. The van der Waals surface area contributed by atoms with Gasteiger partial charge in [0.25, 0.3) is 0 Å². The van der Waals surface area contributed by atoms with Crippen LogP contribution in [-0.4, -0.2) is 24.7 Å². The number of nitrogens with one attached hydrogen (secondary N) is 1. The summed E-state index contributed by atoms with van der Waals surface area (Å²) in [6.45, 7) is 7.70. The molecule has 1 unspecified atom stereocenters. The van der Waals surface area contributed by atoms with Crippen molar-refractivity contribution in [3.05, 3.63) is 29.3 Å². The van der Waals surface area contributed by atoms with Gasteiger partial charge in [-0.25, -0.2) is 0 Å². The third-order valence-electron chi connectivity index (χ3n) is 3.66. The van der Waals surface area contributed by atoms with Crippen LogP contribution >= 0.6 is 0 Å². The fourth-order valence-electron chi connectivity index (χ4n) is 2.22.